The van der Waals surface area contributed by atoms with E-state index in [0.717, 1.165) is 0 Å². The van der Waals surface area contributed by atoms with Gasteiger partial charge in [-0.25, -0.2) is 13.2 Å². The van der Waals surface area contributed by atoms with Gasteiger partial charge in [0.2, 0.25) is 0 Å². The van der Waals surface area contributed by atoms with E-state index in [1.807, 2.05) is 6.07 Å². The van der Waals surface area contributed by atoms with Gasteiger partial charge in [-0.1, -0.05) is 0 Å². The van der Waals surface area contributed by atoms with Crippen molar-refractivity contribution in [2.45, 2.75) is 4.21 Å². The van der Waals surface area contributed by atoms with Crippen LogP contribution in [-0.2, 0) is 10.0 Å². The molecule has 2 rings (SSSR count). The molecule has 0 spiro atoms. The van der Waals surface area contributed by atoms with Gasteiger partial charge in [0.05, 0.1) is 17.3 Å². The van der Waals surface area contributed by atoms with Gasteiger partial charge in [-0.05, 0) is 46.3 Å². The Balaban J connectivity index is 2.33. The molecule has 1 aromatic carbocycles. The van der Waals surface area contributed by atoms with Crippen molar-refractivity contribution in [2.75, 3.05) is 4.72 Å². The summed E-state index contributed by atoms with van der Waals surface area (Å²) in [6.45, 7) is 0. The van der Waals surface area contributed by atoms with E-state index < -0.39 is 16.0 Å². The maximum Gasteiger partial charge on any atom is 0.345 e. The van der Waals surface area contributed by atoms with Gasteiger partial charge in [-0.15, -0.1) is 11.3 Å². The summed E-state index contributed by atoms with van der Waals surface area (Å²) in [4.78, 5) is 10.7. The largest absolute Gasteiger partial charge is 0.477 e. The lowest BCUT2D eigenvalue weighted by Gasteiger charge is -2.08. The summed E-state index contributed by atoms with van der Waals surface area (Å²) in [6, 6.07) is 8.80. The first kappa shape index (κ1) is 15.5. The minimum Gasteiger partial charge on any atom is -0.477 e. The first-order valence-corrected chi connectivity index (χ1v) is 8.48. The van der Waals surface area contributed by atoms with E-state index in [2.05, 4.69) is 20.7 Å². The van der Waals surface area contributed by atoms with Crippen molar-refractivity contribution < 1.29 is 18.3 Å². The molecule has 0 saturated heterocycles. The average molecular weight is 387 g/mol. The van der Waals surface area contributed by atoms with Crippen molar-refractivity contribution >= 4 is 48.9 Å². The zero-order valence-electron chi connectivity index (χ0n) is 10.2. The van der Waals surface area contributed by atoms with Gasteiger partial charge in [0.15, 0.2) is 0 Å². The van der Waals surface area contributed by atoms with Crippen LogP contribution in [0.3, 0.4) is 0 Å². The van der Waals surface area contributed by atoms with Crippen molar-refractivity contribution in [3.63, 3.8) is 0 Å². The van der Waals surface area contributed by atoms with Gasteiger partial charge in [-0.3, -0.25) is 4.72 Å². The molecule has 0 fully saturated rings. The number of carboxylic acids is 1. The number of aromatic carboxylic acids is 1. The fraction of sp³-hybridized carbons (Fsp3) is 0. The Hall–Kier alpha value is -1.89. The van der Waals surface area contributed by atoms with Crippen LogP contribution in [0, 0.1) is 11.3 Å². The molecule has 0 amide bonds. The van der Waals surface area contributed by atoms with Gasteiger partial charge < -0.3 is 5.11 Å². The van der Waals surface area contributed by atoms with Gasteiger partial charge in [0.1, 0.15) is 9.09 Å². The van der Waals surface area contributed by atoms with Crippen LogP contribution in [-0.4, -0.2) is 19.5 Å². The number of nitrogens with one attached hydrogen (secondary N) is 1. The highest BCUT2D eigenvalue weighted by Gasteiger charge is 2.20. The number of thiophene rings is 1. The number of benzene rings is 1. The number of anilines is 1. The number of hydrogen-bond donors (Lipinski definition) is 2. The number of sulfonamides is 1. The summed E-state index contributed by atoms with van der Waals surface area (Å²) in [5, 5.41) is 17.6. The van der Waals surface area contributed by atoms with Crippen LogP contribution in [0.15, 0.2) is 39.0 Å². The van der Waals surface area contributed by atoms with Crippen LogP contribution in [0.2, 0.25) is 0 Å². The van der Waals surface area contributed by atoms with E-state index in [4.69, 9.17) is 10.4 Å². The zero-order chi connectivity index (χ0) is 15.6. The van der Waals surface area contributed by atoms with E-state index in [1.54, 1.807) is 0 Å². The summed E-state index contributed by atoms with van der Waals surface area (Å²) in [7, 11) is -3.88. The van der Waals surface area contributed by atoms with Crippen LogP contribution in [0.4, 0.5) is 5.69 Å². The highest BCUT2D eigenvalue weighted by molar-refractivity contribution is 9.10. The molecule has 2 N–H and O–H groups in total. The number of halogens is 1. The maximum absolute atomic E-state index is 12.2. The third kappa shape index (κ3) is 3.41. The Kier molecular flexibility index (Phi) is 4.32. The Morgan fingerprint density at radius 2 is 2.05 bits per heavy atom. The van der Waals surface area contributed by atoms with Gasteiger partial charge in [-0.2, -0.15) is 5.26 Å². The lowest BCUT2D eigenvalue weighted by Crippen LogP contribution is -2.11. The van der Waals surface area contributed by atoms with E-state index in [0.29, 0.717) is 21.4 Å². The van der Waals surface area contributed by atoms with Crippen molar-refractivity contribution in [3.8, 4) is 6.07 Å². The SMILES string of the molecule is N#Cc1ccc(NS(=O)(=O)c2ccc(C(=O)O)s2)c(Br)c1. The summed E-state index contributed by atoms with van der Waals surface area (Å²) >= 11 is 3.84. The Labute approximate surface area is 132 Å². The summed E-state index contributed by atoms with van der Waals surface area (Å²) < 4.78 is 27.0. The molecule has 0 aliphatic rings. The zero-order valence-corrected chi connectivity index (χ0v) is 13.4. The maximum atomic E-state index is 12.2. The fourth-order valence-electron chi connectivity index (χ4n) is 1.44. The number of hydrogen-bond acceptors (Lipinski definition) is 5. The summed E-state index contributed by atoms with van der Waals surface area (Å²) in [5.74, 6) is -1.18. The van der Waals surface area contributed by atoms with Crippen molar-refractivity contribution in [3.05, 3.63) is 45.2 Å². The highest BCUT2D eigenvalue weighted by Crippen LogP contribution is 2.28. The quantitative estimate of drug-likeness (QED) is 0.839. The van der Waals surface area contributed by atoms with Crippen LogP contribution < -0.4 is 4.72 Å². The third-order valence-corrected chi connectivity index (χ3v) is 5.99. The molecule has 0 radical (unpaired) electrons. The third-order valence-electron chi connectivity index (χ3n) is 2.40. The fourth-order valence-corrected chi connectivity index (χ4v) is 4.28. The predicted molar refractivity (Wildman–Crippen MR) is 80.9 cm³/mol. The van der Waals surface area contributed by atoms with Crippen molar-refractivity contribution in [2.24, 2.45) is 0 Å². The first-order valence-electron chi connectivity index (χ1n) is 5.39. The molecule has 1 heterocycles. The molecule has 0 saturated carbocycles. The molecule has 0 unspecified atom stereocenters. The standard InChI is InChI=1S/C12H7BrN2O4S2/c13-8-5-7(6-14)1-2-9(8)15-21(18,19)11-4-3-10(20-11)12(16)17/h1-5,15H,(H,16,17). The van der Waals surface area contributed by atoms with Gasteiger partial charge in [0.25, 0.3) is 10.0 Å². The number of nitrogens with zero attached hydrogens (tertiary/aromatic N) is 1. The minimum atomic E-state index is -3.88. The van der Waals surface area contributed by atoms with Crippen LogP contribution in [0.25, 0.3) is 0 Å². The van der Waals surface area contributed by atoms with Gasteiger partial charge >= 0.3 is 5.97 Å². The molecule has 108 valence electrons. The minimum absolute atomic E-state index is 0.0609. The molecular formula is C12H7BrN2O4S2. The van der Waals surface area contributed by atoms with Crippen molar-refractivity contribution in [1.82, 2.24) is 0 Å². The van der Waals surface area contributed by atoms with E-state index in [9.17, 15) is 13.2 Å². The molecule has 2 aromatic rings. The van der Waals surface area contributed by atoms with Crippen LogP contribution in [0.1, 0.15) is 15.2 Å². The second-order valence-electron chi connectivity index (χ2n) is 3.84. The molecule has 1 aromatic heterocycles. The molecular weight excluding hydrogens is 380 g/mol. The summed E-state index contributed by atoms with van der Waals surface area (Å²) in [6.07, 6.45) is 0. The smallest absolute Gasteiger partial charge is 0.345 e. The Morgan fingerprint density at radius 3 is 2.57 bits per heavy atom. The lowest BCUT2D eigenvalue weighted by atomic mass is 10.2. The molecule has 9 heteroatoms. The monoisotopic (exact) mass is 386 g/mol. The number of carbonyl (C=O) groups is 1. The molecule has 21 heavy (non-hydrogen) atoms. The topological polar surface area (TPSA) is 107 Å². The molecule has 0 aliphatic carbocycles. The Bertz CT molecular complexity index is 852. The van der Waals surface area contributed by atoms with E-state index in [1.165, 1.54) is 30.3 Å². The molecule has 0 atom stereocenters. The van der Waals surface area contributed by atoms with E-state index in [-0.39, 0.29) is 14.8 Å². The van der Waals surface area contributed by atoms with Gasteiger partial charge in [0, 0.05) is 4.47 Å². The van der Waals surface area contributed by atoms with Crippen molar-refractivity contribution in [1.29, 1.82) is 5.26 Å². The van der Waals surface area contributed by atoms with E-state index >= 15 is 0 Å². The highest BCUT2D eigenvalue weighted by atomic mass is 79.9. The number of rotatable bonds is 4. The first-order chi connectivity index (χ1) is 9.83. The van der Waals surface area contributed by atoms with Crippen LogP contribution >= 0.6 is 27.3 Å². The Morgan fingerprint density at radius 1 is 1.33 bits per heavy atom. The predicted octanol–water partition coefficient (Wildman–Crippen LogP) is 2.88. The molecule has 6 nitrogen and oxygen atoms in total. The van der Waals surface area contributed by atoms with Crippen LogP contribution in [0.5, 0.6) is 0 Å². The summed E-state index contributed by atoms with van der Waals surface area (Å²) in [5.41, 5.74) is 0.647. The number of carboxylic acid groups (broad SMARTS) is 1. The second kappa shape index (κ2) is 5.85. The second-order valence-corrected chi connectivity index (χ2v) is 7.68. The molecule has 0 aliphatic heterocycles. The normalized spacial score (nSPS) is 10.9. The number of nitriles is 1. The average Bonchev–Trinajstić information content (AvgIpc) is 2.91. The lowest BCUT2D eigenvalue weighted by molar-refractivity contribution is 0.0702. The molecule has 0 bridgehead atoms.